The first-order valence-electron chi connectivity index (χ1n) is 6.10. The minimum Gasteiger partial charge on any atom is -0.496 e. The Balaban J connectivity index is 3.05. The largest absolute Gasteiger partial charge is 0.496 e. The van der Waals surface area contributed by atoms with E-state index in [2.05, 4.69) is 4.72 Å². The van der Waals surface area contributed by atoms with E-state index in [0.717, 1.165) is 4.31 Å². The van der Waals surface area contributed by atoms with E-state index in [-0.39, 0.29) is 13.1 Å². The summed E-state index contributed by atoms with van der Waals surface area (Å²) in [6, 6.07) is 5.56. The summed E-state index contributed by atoms with van der Waals surface area (Å²) >= 11 is 0. The van der Waals surface area contributed by atoms with Crippen LogP contribution in [-0.4, -0.2) is 50.5 Å². The summed E-state index contributed by atoms with van der Waals surface area (Å²) in [6.45, 7) is -0.398. The van der Waals surface area contributed by atoms with Gasteiger partial charge in [0.05, 0.1) is 7.11 Å². The molecule has 1 aromatic carbocycles. The Morgan fingerprint density at radius 1 is 1.48 bits per heavy atom. The highest BCUT2D eigenvalue weighted by molar-refractivity contribution is 7.87. The summed E-state index contributed by atoms with van der Waals surface area (Å²) in [6.07, 6.45) is 0. The van der Waals surface area contributed by atoms with Crippen LogP contribution in [0.2, 0.25) is 0 Å². The smallest absolute Gasteiger partial charge is 0.321 e. The quantitative estimate of drug-likeness (QED) is 0.587. The molecule has 0 aliphatic heterocycles. The molecule has 1 atom stereocenters. The monoisotopic (exact) mass is 317 g/mol. The number of nitrogens with two attached hydrogens (primary N) is 1. The van der Waals surface area contributed by atoms with Gasteiger partial charge in [-0.3, -0.25) is 4.79 Å². The zero-order valence-electron chi connectivity index (χ0n) is 11.8. The average molecular weight is 317 g/mol. The molecule has 21 heavy (non-hydrogen) atoms. The van der Waals surface area contributed by atoms with Crippen molar-refractivity contribution in [2.24, 2.45) is 5.73 Å². The number of ether oxygens (including phenoxy) is 1. The van der Waals surface area contributed by atoms with Crippen LogP contribution in [0.25, 0.3) is 0 Å². The van der Waals surface area contributed by atoms with Gasteiger partial charge in [0, 0.05) is 25.7 Å². The number of benzene rings is 1. The zero-order chi connectivity index (χ0) is 16.0. The maximum Gasteiger partial charge on any atom is 0.321 e. The lowest BCUT2D eigenvalue weighted by molar-refractivity contribution is -0.138. The number of rotatable bonds is 8. The van der Waals surface area contributed by atoms with Crippen LogP contribution in [0.15, 0.2) is 24.3 Å². The van der Waals surface area contributed by atoms with Crippen molar-refractivity contribution in [2.75, 3.05) is 20.7 Å². The molecule has 0 amide bonds. The molecule has 0 saturated heterocycles. The fourth-order valence-electron chi connectivity index (χ4n) is 1.70. The Kier molecular flexibility index (Phi) is 6.09. The third-order valence-electron chi connectivity index (χ3n) is 2.85. The first kappa shape index (κ1) is 17.4. The number of aliphatic carboxylic acids is 1. The van der Waals surface area contributed by atoms with Gasteiger partial charge in [0.2, 0.25) is 0 Å². The molecular weight excluding hydrogens is 298 g/mol. The number of nitrogens with zero attached hydrogens (tertiary/aromatic N) is 1. The number of carboxylic acid groups (broad SMARTS) is 1. The van der Waals surface area contributed by atoms with E-state index in [1.165, 1.54) is 14.2 Å². The molecule has 0 aliphatic rings. The number of para-hydroxylation sites is 1. The van der Waals surface area contributed by atoms with Gasteiger partial charge in [-0.25, -0.2) is 4.72 Å². The lowest BCUT2D eigenvalue weighted by Gasteiger charge is -2.23. The molecule has 4 N–H and O–H groups in total. The predicted octanol–water partition coefficient (Wildman–Crippen LogP) is -0.627. The van der Waals surface area contributed by atoms with Crippen molar-refractivity contribution < 1.29 is 23.1 Å². The number of nitrogens with one attached hydrogen (secondary N) is 1. The summed E-state index contributed by atoms with van der Waals surface area (Å²) in [5, 5.41) is 8.84. The van der Waals surface area contributed by atoms with Crippen molar-refractivity contribution in [1.82, 2.24) is 9.03 Å². The van der Waals surface area contributed by atoms with E-state index in [1.807, 2.05) is 0 Å². The highest BCUT2D eigenvalue weighted by Crippen LogP contribution is 2.20. The molecule has 0 heterocycles. The maximum atomic E-state index is 12.0. The summed E-state index contributed by atoms with van der Waals surface area (Å²) in [5.74, 6) is -0.760. The Labute approximate surface area is 123 Å². The van der Waals surface area contributed by atoms with Crippen LogP contribution in [-0.2, 0) is 21.5 Å². The summed E-state index contributed by atoms with van der Waals surface area (Å²) in [4.78, 5) is 10.8. The molecule has 8 nitrogen and oxygen atoms in total. The van der Waals surface area contributed by atoms with E-state index < -0.39 is 22.2 Å². The van der Waals surface area contributed by atoms with E-state index >= 15 is 0 Å². The van der Waals surface area contributed by atoms with Gasteiger partial charge in [0.25, 0.3) is 10.2 Å². The normalized spacial score (nSPS) is 13.1. The van der Waals surface area contributed by atoms with Gasteiger partial charge >= 0.3 is 5.97 Å². The molecule has 0 spiro atoms. The minimum atomic E-state index is -3.83. The number of carboxylic acids is 1. The van der Waals surface area contributed by atoms with Crippen LogP contribution in [0.5, 0.6) is 5.75 Å². The van der Waals surface area contributed by atoms with Gasteiger partial charge in [-0.05, 0) is 6.07 Å². The van der Waals surface area contributed by atoms with Crippen LogP contribution in [0.1, 0.15) is 5.56 Å². The maximum absolute atomic E-state index is 12.0. The molecule has 0 bridgehead atoms. The van der Waals surface area contributed by atoms with Gasteiger partial charge in [-0.2, -0.15) is 12.7 Å². The molecule has 0 fully saturated rings. The lowest BCUT2D eigenvalue weighted by Crippen LogP contribution is -2.47. The third-order valence-corrected chi connectivity index (χ3v) is 4.33. The number of hydrogen-bond donors (Lipinski definition) is 3. The van der Waals surface area contributed by atoms with Crippen molar-refractivity contribution >= 4 is 16.2 Å². The standard InChI is InChI=1S/C12H19N3O5S/c1-14-21(18,19)15(8-10(13)12(16)17)7-9-5-3-4-6-11(9)20-2/h3-6,10,14H,7-8,13H2,1-2H3,(H,16,17). The molecule has 118 valence electrons. The lowest BCUT2D eigenvalue weighted by atomic mass is 10.2. The molecule has 0 aromatic heterocycles. The van der Waals surface area contributed by atoms with E-state index in [9.17, 15) is 13.2 Å². The van der Waals surface area contributed by atoms with E-state index in [1.54, 1.807) is 24.3 Å². The minimum absolute atomic E-state index is 0.0475. The van der Waals surface area contributed by atoms with Crippen LogP contribution >= 0.6 is 0 Å². The van der Waals surface area contributed by atoms with E-state index in [4.69, 9.17) is 15.6 Å². The third kappa shape index (κ3) is 4.67. The number of carbonyl (C=O) groups is 1. The van der Waals surface area contributed by atoms with Crippen molar-refractivity contribution in [3.8, 4) is 5.75 Å². The molecule has 1 aromatic rings. The van der Waals surface area contributed by atoms with Gasteiger partial charge in [0.1, 0.15) is 11.8 Å². The molecule has 1 unspecified atom stereocenters. The van der Waals surface area contributed by atoms with Gasteiger partial charge in [-0.15, -0.1) is 0 Å². The molecular formula is C12H19N3O5S. The molecule has 0 aliphatic carbocycles. The summed E-state index contributed by atoms with van der Waals surface area (Å²) < 4.78 is 32.2. The molecule has 9 heteroatoms. The Hall–Kier alpha value is -1.68. The van der Waals surface area contributed by atoms with Crippen LogP contribution in [0.4, 0.5) is 0 Å². The van der Waals surface area contributed by atoms with Crippen LogP contribution in [0.3, 0.4) is 0 Å². The van der Waals surface area contributed by atoms with E-state index in [0.29, 0.717) is 11.3 Å². The SMILES string of the molecule is CNS(=O)(=O)N(Cc1ccccc1OC)CC(N)C(=O)O. The fraction of sp³-hybridized carbons (Fsp3) is 0.417. The molecule has 0 radical (unpaired) electrons. The molecule has 0 saturated carbocycles. The van der Waals surface area contributed by atoms with Gasteiger partial charge < -0.3 is 15.6 Å². The Morgan fingerprint density at radius 3 is 2.62 bits per heavy atom. The van der Waals surface area contributed by atoms with Gasteiger partial charge in [0.15, 0.2) is 0 Å². The molecule has 1 rings (SSSR count). The van der Waals surface area contributed by atoms with Crippen molar-refractivity contribution in [3.05, 3.63) is 29.8 Å². The zero-order valence-corrected chi connectivity index (χ0v) is 12.6. The summed E-state index contributed by atoms with van der Waals surface area (Å²) in [7, 11) is -1.11. The second-order valence-electron chi connectivity index (χ2n) is 4.26. The first-order chi connectivity index (χ1) is 9.81. The first-order valence-corrected chi connectivity index (χ1v) is 7.54. The van der Waals surface area contributed by atoms with Gasteiger partial charge in [-0.1, -0.05) is 18.2 Å². The predicted molar refractivity (Wildman–Crippen MR) is 77.0 cm³/mol. The van der Waals surface area contributed by atoms with Crippen molar-refractivity contribution in [2.45, 2.75) is 12.6 Å². The van der Waals surface area contributed by atoms with Crippen molar-refractivity contribution in [3.63, 3.8) is 0 Å². The highest BCUT2D eigenvalue weighted by atomic mass is 32.2. The van der Waals surface area contributed by atoms with Crippen LogP contribution < -0.4 is 15.2 Å². The topological polar surface area (TPSA) is 122 Å². The average Bonchev–Trinajstić information content (AvgIpc) is 2.46. The second-order valence-corrected chi connectivity index (χ2v) is 6.13. The number of methoxy groups -OCH3 is 1. The second kappa shape index (κ2) is 7.36. The fourth-order valence-corrected chi connectivity index (χ4v) is 2.62. The highest BCUT2D eigenvalue weighted by Gasteiger charge is 2.26. The van der Waals surface area contributed by atoms with Crippen LogP contribution in [0, 0.1) is 0 Å². The van der Waals surface area contributed by atoms with Crippen molar-refractivity contribution in [1.29, 1.82) is 0 Å². The Bertz CT molecular complexity index is 590. The number of hydrogen-bond acceptors (Lipinski definition) is 5. The summed E-state index contributed by atoms with van der Waals surface area (Å²) in [5.41, 5.74) is 6.04. The Morgan fingerprint density at radius 2 is 2.10 bits per heavy atom.